The molecule has 0 aliphatic heterocycles. The molecule has 0 saturated carbocycles. The summed E-state index contributed by atoms with van der Waals surface area (Å²) < 4.78 is 5.01. The van der Waals surface area contributed by atoms with E-state index >= 15 is 0 Å². The minimum absolute atomic E-state index is 0.204. The minimum Gasteiger partial charge on any atom is -0.480 e. The molecule has 1 atom stereocenters. The molecule has 0 aliphatic rings. The first-order valence-corrected chi connectivity index (χ1v) is 7.82. The molecule has 0 bridgehead atoms. The van der Waals surface area contributed by atoms with Crippen LogP contribution in [-0.2, 0) is 22.6 Å². The highest BCUT2D eigenvalue weighted by Gasteiger charge is 2.25. The van der Waals surface area contributed by atoms with E-state index in [9.17, 15) is 14.7 Å². The normalized spacial score (nSPS) is 11.9. The molecule has 1 aromatic carbocycles. The smallest absolute Gasteiger partial charge is 0.326 e. The standard InChI is InChI=1S/C17H21N3O4/c1-12(17(22)23)20(11-14-7-4-3-5-8-14)16(21)10-6-9-15-18-13(2)19-24-15/h3-5,7-8,12H,6,9-11H2,1-2H3,(H,22,23). The van der Waals surface area contributed by atoms with Crippen LogP contribution in [0.25, 0.3) is 0 Å². The zero-order valence-corrected chi connectivity index (χ0v) is 13.8. The predicted octanol–water partition coefficient (Wildman–Crippen LogP) is 2.20. The number of aromatic nitrogens is 2. The second-order valence-electron chi connectivity index (χ2n) is 5.61. The maximum atomic E-state index is 12.5. The molecule has 0 radical (unpaired) electrons. The molecule has 1 amide bonds. The van der Waals surface area contributed by atoms with E-state index in [1.54, 1.807) is 6.92 Å². The fourth-order valence-electron chi connectivity index (χ4n) is 2.33. The second-order valence-corrected chi connectivity index (χ2v) is 5.61. The molecular weight excluding hydrogens is 310 g/mol. The first-order valence-electron chi connectivity index (χ1n) is 7.82. The van der Waals surface area contributed by atoms with Gasteiger partial charge in [-0.2, -0.15) is 4.98 Å². The van der Waals surface area contributed by atoms with Crippen molar-refractivity contribution >= 4 is 11.9 Å². The molecule has 0 saturated heterocycles. The molecule has 0 spiro atoms. The van der Waals surface area contributed by atoms with Gasteiger partial charge in [0.2, 0.25) is 11.8 Å². The van der Waals surface area contributed by atoms with Gasteiger partial charge >= 0.3 is 5.97 Å². The molecule has 1 unspecified atom stereocenters. The highest BCUT2D eigenvalue weighted by atomic mass is 16.5. The Kier molecular flexibility index (Phi) is 6.06. The molecule has 1 aromatic heterocycles. The van der Waals surface area contributed by atoms with Gasteiger partial charge in [0.05, 0.1) is 0 Å². The average molecular weight is 331 g/mol. The summed E-state index contributed by atoms with van der Waals surface area (Å²) in [6.07, 6.45) is 1.25. The van der Waals surface area contributed by atoms with Crippen LogP contribution in [0.2, 0.25) is 0 Å². The van der Waals surface area contributed by atoms with Crippen LogP contribution in [0.3, 0.4) is 0 Å². The van der Waals surface area contributed by atoms with Gasteiger partial charge in [-0.3, -0.25) is 4.79 Å². The Labute approximate surface area is 140 Å². The van der Waals surface area contributed by atoms with Crippen LogP contribution in [-0.4, -0.2) is 38.1 Å². The van der Waals surface area contributed by atoms with E-state index < -0.39 is 12.0 Å². The van der Waals surface area contributed by atoms with Crippen molar-refractivity contribution in [3.05, 3.63) is 47.6 Å². The summed E-state index contributed by atoms with van der Waals surface area (Å²) in [4.78, 5) is 29.3. The van der Waals surface area contributed by atoms with E-state index in [4.69, 9.17) is 4.52 Å². The van der Waals surface area contributed by atoms with Crippen LogP contribution in [0.5, 0.6) is 0 Å². The Bertz CT molecular complexity index is 684. The summed E-state index contributed by atoms with van der Waals surface area (Å²) in [5, 5.41) is 13.0. The summed E-state index contributed by atoms with van der Waals surface area (Å²) >= 11 is 0. The van der Waals surface area contributed by atoms with Gasteiger partial charge in [0.15, 0.2) is 5.82 Å². The zero-order chi connectivity index (χ0) is 17.5. The van der Waals surface area contributed by atoms with Crippen LogP contribution < -0.4 is 0 Å². The molecule has 1 heterocycles. The number of hydrogen-bond acceptors (Lipinski definition) is 5. The average Bonchev–Trinajstić information content (AvgIpc) is 2.98. The summed E-state index contributed by atoms with van der Waals surface area (Å²) in [5.41, 5.74) is 0.895. The maximum Gasteiger partial charge on any atom is 0.326 e. The SMILES string of the molecule is Cc1noc(CCCC(=O)N(Cc2ccccc2)C(C)C(=O)O)n1. The number of carbonyl (C=O) groups is 2. The van der Waals surface area contributed by atoms with E-state index in [1.165, 1.54) is 11.8 Å². The highest BCUT2D eigenvalue weighted by molar-refractivity contribution is 5.83. The van der Waals surface area contributed by atoms with E-state index in [2.05, 4.69) is 10.1 Å². The molecule has 7 heteroatoms. The first kappa shape index (κ1) is 17.7. The highest BCUT2D eigenvalue weighted by Crippen LogP contribution is 2.13. The lowest BCUT2D eigenvalue weighted by molar-refractivity contribution is -0.150. The number of rotatable bonds is 8. The minimum atomic E-state index is -1.02. The lowest BCUT2D eigenvalue weighted by Crippen LogP contribution is -2.42. The first-order chi connectivity index (χ1) is 11.5. The molecule has 2 rings (SSSR count). The summed E-state index contributed by atoms with van der Waals surface area (Å²) in [7, 11) is 0. The Morgan fingerprint density at radius 2 is 2.00 bits per heavy atom. The maximum absolute atomic E-state index is 12.5. The lowest BCUT2D eigenvalue weighted by atomic mass is 10.1. The van der Waals surface area contributed by atoms with Gasteiger partial charge in [0.25, 0.3) is 0 Å². The largest absolute Gasteiger partial charge is 0.480 e. The number of amides is 1. The number of hydrogen-bond donors (Lipinski definition) is 1. The second kappa shape index (κ2) is 8.24. The van der Waals surface area contributed by atoms with Gasteiger partial charge in [-0.05, 0) is 25.8 Å². The number of carbonyl (C=O) groups excluding carboxylic acids is 1. The van der Waals surface area contributed by atoms with E-state index in [1.807, 2.05) is 30.3 Å². The van der Waals surface area contributed by atoms with Gasteiger partial charge < -0.3 is 14.5 Å². The van der Waals surface area contributed by atoms with Gasteiger partial charge in [0, 0.05) is 19.4 Å². The van der Waals surface area contributed by atoms with Crippen molar-refractivity contribution in [2.75, 3.05) is 0 Å². The van der Waals surface area contributed by atoms with Crippen molar-refractivity contribution < 1.29 is 19.2 Å². The van der Waals surface area contributed by atoms with Crippen molar-refractivity contribution in [1.82, 2.24) is 15.0 Å². The number of carboxylic acids is 1. The zero-order valence-electron chi connectivity index (χ0n) is 13.8. The van der Waals surface area contributed by atoms with Crippen LogP contribution >= 0.6 is 0 Å². The molecule has 2 aromatic rings. The number of benzene rings is 1. The molecule has 0 fully saturated rings. The monoisotopic (exact) mass is 331 g/mol. The predicted molar refractivity (Wildman–Crippen MR) is 86.1 cm³/mol. The van der Waals surface area contributed by atoms with Gasteiger partial charge in [-0.15, -0.1) is 0 Å². The number of carboxylic acid groups (broad SMARTS) is 1. The molecular formula is C17H21N3O4. The van der Waals surface area contributed by atoms with Crippen molar-refractivity contribution in [1.29, 1.82) is 0 Å². The molecule has 7 nitrogen and oxygen atoms in total. The molecule has 24 heavy (non-hydrogen) atoms. The molecule has 0 aliphatic carbocycles. The third kappa shape index (κ3) is 4.91. The van der Waals surface area contributed by atoms with Gasteiger partial charge in [-0.25, -0.2) is 4.79 Å². The Morgan fingerprint density at radius 3 is 2.58 bits per heavy atom. The van der Waals surface area contributed by atoms with Crippen LogP contribution in [0.15, 0.2) is 34.9 Å². The van der Waals surface area contributed by atoms with Crippen LogP contribution in [0.4, 0.5) is 0 Å². The van der Waals surface area contributed by atoms with Crippen molar-refractivity contribution in [3.63, 3.8) is 0 Å². The third-order valence-electron chi connectivity index (χ3n) is 3.69. The van der Waals surface area contributed by atoms with Gasteiger partial charge in [-0.1, -0.05) is 35.5 Å². The van der Waals surface area contributed by atoms with Crippen LogP contribution in [0, 0.1) is 6.92 Å². The third-order valence-corrected chi connectivity index (χ3v) is 3.69. The van der Waals surface area contributed by atoms with E-state index in [-0.39, 0.29) is 18.9 Å². The summed E-state index contributed by atoms with van der Waals surface area (Å²) in [5.74, 6) is -0.181. The van der Waals surface area contributed by atoms with Crippen molar-refractivity contribution in [2.45, 2.75) is 45.7 Å². The Morgan fingerprint density at radius 1 is 1.29 bits per heavy atom. The number of aryl methyl sites for hydroxylation is 2. The Balaban J connectivity index is 1.97. The van der Waals surface area contributed by atoms with E-state index in [0.29, 0.717) is 24.6 Å². The summed E-state index contributed by atoms with van der Waals surface area (Å²) in [6, 6.07) is 8.46. The fourth-order valence-corrected chi connectivity index (χ4v) is 2.33. The van der Waals surface area contributed by atoms with Crippen molar-refractivity contribution in [3.8, 4) is 0 Å². The number of aliphatic carboxylic acids is 1. The fraction of sp³-hybridized carbons (Fsp3) is 0.412. The lowest BCUT2D eigenvalue weighted by Gasteiger charge is -2.26. The Hall–Kier alpha value is -2.70. The summed E-state index contributed by atoms with van der Waals surface area (Å²) in [6.45, 7) is 3.52. The van der Waals surface area contributed by atoms with E-state index in [0.717, 1.165) is 5.56 Å². The number of nitrogens with zero attached hydrogens (tertiary/aromatic N) is 3. The quantitative estimate of drug-likeness (QED) is 0.796. The van der Waals surface area contributed by atoms with Gasteiger partial charge in [0.1, 0.15) is 6.04 Å². The molecule has 128 valence electrons. The van der Waals surface area contributed by atoms with Crippen LogP contribution in [0.1, 0.15) is 37.0 Å². The van der Waals surface area contributed by atoms with Crippen molar-refractivity contribution in [2.24, 2.45) is 0 Å². The molecule has 1 N–H and O–H groups in total. The topological polar surface area (TPSA) is 96.5 Å².